The average molecular weight is 441 g/mol. The second-order valence-electron chi connectivity index (χ2n) is 7.47. The summed E-state index contributed by atoms with van der Waals surface area (Å²) in [7, 11) is 3.28. The SMILES string of the molecule is COc1ccc(C(=O)N=C2N(C(=O)O)/C(=C\c3ccccc3)C(c3ccccc3)N2C)cc1. The second kappa shape index (κ2) is 9.40. The van der Waals surface area contributed by atoms with Crippen molar-refractivity contribution in [1.29, 1.82) is 0 Å². The second-order valence-corrected chi connectivity index (χ2v) is 7.47. The first-order chi connectivity index (χ1) is 16.0. The minimum atomic E-state index is -1.22. The minimum absolute atomic E-state index is 0.0411. The van der Waals surface area contributed by atoms with E-state index in [2.05, 4.69) is 4.99 Å². The molecule has 3 aromatic carbocycles. The number of hydrogen-bond acceptors (Lipinski definition) is 3. The summed E-state index contributed by atoms with van der Waals surface area (Å²) in [6, 6.07) is 25.1. The third-order valence-electron chi connectivity index (χ3n) is 5.40. The average Bonchev–Trinajstić information content (AvgIpc) is 3.11. The molecule has 0 spiro atoms. The Morgan fingerprint density at radius 1 is 0.939 bits per heavy atom. The van der Waals surface area contributed by atoms with Crippen LogP contribution in [0.3, 0.4) is 0 Å². The molecule has 1 saturated heterocycles. The lowest BCUT2D eigenvalue weighted by atomic mass is 10.0. The summed E-state index contributed by atoms with van der Waals surface area (Å²) in [5.74, 6) is 0.111. The zero-order chi connectivity index (χ0) is 23.4. The van der Waals surface area contributed by atoms with Crippen molar-refractivity contribution >= 4 is 24.0 Å². The molecule has 0 aliphatic carbocycles. The Hall–Kier alpha value is -4.39. The van der Waals surface area contributed by atoms with Crippen molar-refractivity contribution in [3.05, 3.63) is 107 Å². The molecule has 0 bridgehead atoms. The fraction of sp³-hybridized carbons (Fsp3) is 0.115. The number of carboxylic acid groups (broad SMARTS) is 1. The third-order valence-corrected chi connectivity index (χ3v) is 5.40. The number of benzene rings is 3. The molecule has 0 saturated carbocycles. The Kier molecular flexibility index (Phi) is 6.22. The van der Waals surface area contributed by atoms with E-state index in [-0.39, 0.29) is 5.96 Å². The summed E-state index contributed by atoms with van der Waals surface area (Å²) in [6.45, 7) is 0. The van der Waals surface area contributed by atoms with Crippen LogP contribution in [0.5, 0.6) is 5.75 Å². The van der Waals surface area contributed by atoms with Crippen LogP contribution in [0, 0.1) is 0 Å². The van der Waals surface area contributed by atoms with E-state index in [0.29, 0.717) is 17.0 Å². The minimum Gasteiger partial charge on any atom is -0.497 e. The smallest absolute Gasteiger partial charge is 0.418 e. The Bertz CT molecular complexity index is 1210. The van der Waals surface area contributed by atoms with E-state index in [1.807, 2.05) is 66.7 Å². The predicted octanol–water partition coefficient (Wildman–Crippen LogP) is 4.90. The molecule has 7 heteroatoms. The molecule has 2 amide bonds. The molecule has 1 fully saturated rings. The van der Waals surface area contributed by atoms with E-state index in [1.54, 1.807) is 43.3 Å². The maximum Gasteiger partial charge on any atom is 0.418 e. The van der Waals surface area contributed by atoms with E-state index in [1.165, 1.54) is 0 Å². The molecule has 4 rings (SSSR count). The fourth-order valence-electron chi connectivity index (χ4n) is 3.82. The first kappa shape index (κ1) is 21.8. The summed E-state index contributed by atoms with van der Waals surface area (Å²) in [4.78, 5) is 32.3. The molecule has 1 unspecified atom stereocenters. The largest absolute Gasteiger partial charge is 0.497 e. The van der Waals surface area contributed by atoms with Gasteiger partial charge in [0.15, 0.2) is 0 Å². The molecule has 1 aliphatic rings. The van der Waals surface area contributed by atoms with Gasteiger partial charge in [-0.2, -0.15) is 4.99 Å². The van der Waals surface area contributed by atoms with Gasteiger partial charge < -0.3 is 14.7 Å². The third kappa shape index (κ3) is 4.48. The van der Waals surface area contributed by atoms with Crippen molar-refractivity contribution < 1.29 is 19.4 Å². The standard InChI is InChI=1S/C26H23N3O4/c1-28-23(19-11-7-4-8-12-19)22(17-18-9-5-3-6-10-18)29(26(31)32)25(28)27-24(30)20-13-15-21(33-2)16-14-20/h3-17,23H,1-2H3,(H,31,32)/b22-17-,27-25?. The van der Waals surface area contributed by atoms with Gasteiger partial charge in [0.2, 0.25) is 5.96 Å². The molecule has 0 aromatic heterocycles. The molecule has 7 nitrogen and oxygen atoms in total. The van der Waals surface area contributed by atoms with Gasteiger partial charge in [-0.25, -0.2) is 9.69 Å². The molecular weight excluding hydrogens is 418 g/mol. The summed E-state index contributed by atoms with van der Waals surface area (Å²) in [5.41, 5.74) is 2.55. The van der Waals surface area contributed by atoms with Gasteiger partial charge in [-0.05, 0) is 41.5 Å². The Morgan fingerprint density at radius 3 is 2.12 bits per heavy atom. The lowest BCUT2D eigenvalue weighted by Crippen LogP contribution is -2.35. The number of aliphatic imine (C=N–C) groups is 1. The van der Waals surface area contributed by atoms with Crippen LogP contribution in [0.4, 0.5) is 4.79 Å². The number of rotatable bonds is 4. The maximum atomic E-state index is 12.9. The van der Waals surface area contributed by atoms with E-state index in [0.717, 1.165) is 16.0 Å². The highest BCUT2D eigenvalue weighted by Crippen LogP contribution is 2.38. The first-order valence-electron chi connectivity index (χ1n) is 10.3. The molecule has 1 atom stereocenters. The van der Waals surface area contributed by atoms with E-state index in [4.69, 9.17) is 4.74 Å². The number of methoxy groups -OCH3 is 1. The van der Waals surface area contributed by atoms with Crippen LogP contribution in [0.15, 0.2) is 95.6 Å². The quantitative estimate of drug-likeness (QED) is 0.623. The normalized spacial score (nSPS) is 18.1. The number of amides is 2. The first-order valence-corrected chi connectivity index (χ1v) is 10.3. The van der Waals surface area contributed by atoms with Crippen LogP contribution in [-0.2, 0) is 0 Å². The highest BCUT2D eigenvalue weighted by atomic mass is 16.5. The van der Waals surface area contributed by atoms with Gasteiger partial charge in [0, 0.05) is 12.6 Å². The summed E-state index contributed by atoms with van der Waals surface area (Å²) < 4.78 is 5.13. The summed E-state index contributed by atoms with van der Waals surface area (Å²) in [5, 5.41) is 10.1. The molecule has 3 aromatic rings. The molecule has 1 N–H and O–H groups in total. The number of nitrogens with zero attached hydrogens (tertiary/aromatic N) is 3. The highest BCUT2D eigenvalue weighted by Gasteiger charge is 2.43. The number of guanidine groups is 1. The lowest BCUT2D eigenvalue weighted by molar-refractivity contribution is 0.100. The monoisotopic (exact) mass is 441 g/mol. The molecule has 1 heterocycles. The highest BCUT2D eigenvalue weighted by molar-refractivity contribution is 6.08. The van der Waals surface area contributed by atoms with E-state index >= 15 is 0 Å². The van der Waals surface area contributed by atoms with E-state index < -0.39 is 18.0 Å². The van der Waals surface area contributed by atoms with Crippen LogP contribution < -0.4 is 4.74 Å². The van der Waals surface area contributed by atoms with Gasteiger partial charge in [0.25, 0.3) is 5.91 Å². The summed E-state index contributed by atoms with van der Waals surface area (Å²) in [6.07, 6.45) is 0.589. The molecule has 166 valence electrons. The lowest BCUT2D eigenvalue weighted by Gasteiger charge is -2.20. The van der Waals surface area contributed by atoms with Gasteiger partial charge >= 0.3 is 6.09 Å². The maximum absolute atomic E-state index is 12.9. The van der Waals surface area contributed by atoms with Gasteiger partial charge in [-0.1, -0.05) is 60.7 Å². The van der Waals surface area contributed by atoms with Crippen molar-refractivity contribution in [1.82, 2.24) is 9.80 Å². The fourth-order valence-corrected chi connectivity index (χ4v) is 3.82. The number of carbonyl (C=O) groups excluding carboxylic acids is 1. The number of ether oxygens (including phenoxy) is 1. The van der Waals surface area contributed by atoms with Crippen LogP contribution in [0.2, 0.25) is 0 Å². The van der Waals surface area contributed by atoms with Gasteiger partial charge in [0.05, 0.1) is 18.8 Å². The van der Waals surface area contributed by atoms with Crippen LogP contribution >= 0.6 is 0 Å². The number of carbonyl (C=O) groups is 2. The Morgan fingerprint density at radius 2 is 1.55 bits per heavy atom. The van der Waals surface area contributed by atoms with Crippen molar-refractivity contribution in [3.8, 4) is 5.75 Å². The van der Waals surface area contributed by atoms with Crippen LogP contribution in [-0.4, -0.2) is 47.0 Å². The molecule has 1 aliphatic heterocycles. The summed E-state index contributed by atoms with van der Waals surface area (Å²) >= 11 is 0. The van der Waals surface area contributed by atoms with Gasteiger partial charge in [-0.3, -0.25) is 4.79 Å². The Labute approximate surface area is 191 Å². The number of likely N-dealkylation sites (N-methyl/N-ethyl adjacent to an activating group) is 1. The van der Waals surface area contributed by atoms with Gasteiger partial charge in [-0.15, -0.1) is 0 Å². The zero-order valence-electron chi connectivity index (χ0n) is 18.3. The number of hydrogen-bond donors (Lipinski definition) is 1. The van der Waals surface area contributed by atoms with Crippen molar-refractivity contribution in [2.24, 2.45) is 4.99 Å². The molecular formula is C26H23N3O4. The van der Waals surface area contributed by atoms with Crippen molar-refractivity contribution in [2.75, 3.05) is 14.2 Å². The van der Waals surface area contributed by atoms with Crippen molar-refractivity contribution in [3.63, 3.8) is 0 Å². The molecule has 33 heavy (non-hydrogen) atoms. The van der Waals surface area contributed by atoms with E-state index in [9.17, 15) is 14.7 Å². The zero-order valence-corrected chi connectivity index (χ0v) is 18.3. The van der Waals surface area contributed by atoms with Crippen molar-refractivity contribution in [2.45, 2.75) is 6.04 Å². The van der Waals surface area contributed by atoms with Gasteiger partial charge in [0.1, 0.15) is 5.75 Å². The Balaban J connectivity index is 1.82. The van der Waals surface area contributed by atoms with Crippen LogP contribution in [0.1, 0.15) is 27.5 Å². The molecule has 0 radical (unpaired) electrons. The topological polar surface area (TPSA) is 82.4 Å². The van der Waals surface area contributed by atoms with Crippen LogP contribution in [0.25, 0.3) is 6.08 Å². The predicted molar refractivity (Wildman–Crippen MR) is 126 cm³/mol.